The molecule has 2 aliphatic rings. The van der Waals surface area contributed by atoms with E-state index >= 15 is 0 Å². The molecule has 2 rings (SSSR count). The van der Waals surface area contributed by atoms with Crippen LogP contribution in [0, 0.1) is 5.92 Å². The molecule has 2 atom stereocenters. The second-order valence-electron chi connectivity index (χ2n) is 3.72. The molecule has 1 saturated carbocycles. The zero-order valence-corrected chi connectivity index (χ0v) is 7.14. The zero-order valence-electron chi connectivity index (χ0n) is 7.14. The summed E-state index contributed by atoms with van der Waals surface area (Å²) in [6.07, 6.45) is 5.56. The molecule has 2 nitrogen and oxygen atoms in total. The number of amidine groups is 1. The Morgan fingerprint density at radius 3 is 3.09 bits per heavy atom. The van der Waals surface area contributed by atoms with Crippen LogP contribution < -0.4 is 5.32 Å². The summed E-state index contributed by atoms with van der Waals surface area (Å²) in [6.45, 7) is 3.15. The SMILES string of the molecule is CC1=NCC2CCCCC2N1. The minimum Gasteiger partial charge on any atom is -0.371 e. The highest BCUT2D eigenvalue weighted by molar-refractivity contribution is 5.80. The first-order valence-corrected chi connectivity index (χ1v) is 4.64. The molecule has 1 aliphatic heterocycles. The van der Waals surface area contributed by atoms with Crippen LogP contribution in [0.25, 0.3) is 0 Å². The maximum absolute atomic E-state index is 4.42. The molecule has 0 radical (unpaired) electrons. The summed E-state index contributed by atoms with van der Waals surface area (Å²) in [6, 6.07) is 0.751. The molecule has 11 heavy (non-hydrogen) atoms. The van der Waals surface area contributed by atoms with Gasteiger partial charge in [0.1, 0.15) is 0 Å². The summed E-state index contributed by atoms with van der Waals surface area (Å²) < 4.78 is 0. The molecule has 1 heterocycles. The third-order valence-electron chi connectivity index (χ3n) is 2.87. The van der Waals surface area contributed by atoms with Gasteiger partial charge in [0.15, 0.2) is 0 Å². The first-order valence-electron chi connectivity index (χ1n) is 4.64. The molecule has 1 aliphatic carbocycles. The molecule has 0 aromatic rings. The summed E-state index contributed by atoms with van der Waals surface area (Å²) in [5, 5.41) is 3.47. The number of hydrogen-bond donors (Lipinski definition) is 1. The monoisotopic (exact) mass is 152 g/mol. The van der Waals surface area contributed by atoms with Crippen molar-refractivity contribution in [1.29, 1.82) is 0 Å². The van der Waals surface area contributed by atoms with Crippen molar-refractivity contribution in [2.24, 2.45) is 10.9 Å². The fraction of sp³-hybridized carbons (Fsp3) is 0.889. The Kier molecular flexibility index (Phi) is 1.84. The number of hydrogen-bond acceptors (Lipinski definition) is 2. The van der Waals surface area contributed by atoms with Crippen molar-refractivity contribution in [2.75, 3.05) is 6.54 Å². The van der Waals surface area contributed by atoms with Crippen LogP contribution in [-0.4, -0.2) is 18.4 Å². The van der Waals surface area contributed by atoms with Crippen LogP contribution >= 0.6 is 0 Å². The Balaban J connectivity index is 2.04. The van der Waals surface area contributed by atoms with E-state index in [2.05, 4.69) is 17.2 Å². The molecular formula is C9H16N2. The van der Waals surface area contributed by atoms with Gasteiger partial charge in [0.2, 0.25) is 0 Å². The molecule has 0 saturated heterocycles. The summed E-state index contributed by atoms with van der Waals surface area (Å²) >= 11 is 0. The van der Waals surface area contributed by atoms with Gasteiger partial charge >= 0.3 is 0 Å². The lowest BCUT2D eigenvalue weighted by atomic mass is 9.84. The standard InChI is InChI=1S/C9H16N2/c1-7-10-6-8-4-2-3-5-9(8)11-7/h8-9H,2-6H2,1H3,(H,10,11). The summed E-state index contributed by atoms with van der Waals surface area (Å²) in [4.78, 5) is 4.42. The Hall–Kier alpha value is -0.530. The van der Waals surface area contributed by atoms with Crippen molar-refractivity contribution < 1.29 is 0 Å². The quantitative estimate of drug-likeness (QED) is 0.559. The molecule has 1 N–H and O–H groups in total. The number of aliphatic imine (C=N–C) groups is 1. The van der Waals surface area contributed by atoms with E-state index in [1.807, 2.05) is 0 Å². The van der Waals surface area contributed by atoms with Crippen molar-refractivity contribution >= 4 is 5.84 Å². The fourth-order valence-corrected chi connectivity index (χ4v) is 2.18. The summed E-state index contributed by atoms with van der Waals surface area (Å²) in [5.41, 5.74) is 0. The first-order chi connectivity index (χ1) is 5.36. The van der Waals surface area contributed by atoms with Crippen molar-refractivity contribution in [3.63, 3.8) is 0 Å². The number of nitrogens with zero attached hydrogens (tertiary/aromatic N) is 1. The maximum atomic E-state index is 4.42. The van der Waals surface area contributed by atoms with Crippen LogP contribution in [0.2, 0.25) is 0 Å². The minimum absolute atomic E-state index is 0.751. The third-order valence-corrected chi connectivity index (χ3v) is 2.87. The van der Waals surface area contributed by atoms with E-state index < -0.39 is 0 Å². The van der Waals surface area contributed by atoms with E-state index in [9.17, 15) is 0 Å². The highest BCUT2D eigenvalue weighted by Gasteiger charge is 2.27. The predicted octanol–water partition coefficient (Wildman–Crippen LogP) is 1.57. The van der Waals surface area contributed by atoms with Gasteiger partial charge in [-0.1, -0.05) is 12.8 Å². The fourth-order valence-electron chi connectivity index (χ4n) is 2.18. The average molecular weight is 152 g/mol. The van der Waals surface area contributed by atoms with Crippen molar-refractivity contribution in [2.45, 2.75) is 38.6 Å². The Bertz CT molecular complexity index is 174. The van der Waals surface area contributed by atoms with Gasteiger partial charge in [-0.15, -0.1) is 0 Å². The topological polar surface area (TPSA) is 24.4 Å². The minimum atomic E-state index is 0.751. The van der Waals surface area contributed by atoms with Crippen molar-refractivity contribution in [3.8, 4) is 0 Å². The van der Waals surface area contributed by atoms with Gasteiger partial charge in [0.25, 0.3) is 0 Å². The van der Waals surface area contributed by atoms with Crippen LogP contribution in [-0.2, 0) is 0 Å². The van der Waals surface area contributed by atoms with Gasteiger partial charge < -0.3 is 5.32 Å². The average Bonchev–Trinajstić information content (AvgIpc) is 2.04. The molecule has 2 heteroatoms. The van der Waals surface area contributed by atoms with Crippen molar-refractivity contribution in [3.05, 3.63) is 0 Å². The van der Waals surface area contributed by atoms with Gasteiger partial charge in [-0.05, 0) is 25.7 Å². The molecule has 0 aromatic heterocycles. The van der Waals surface area contributed by atoms with Gasteiger partial charge in [-0.25, -0.2) is 0 Å². The maximum Gasteiger partial charge on any atom is 0.0933 e. The van der Waals surface area contributed by atoms with Crippen LogP contribution in [0.5, 0.6) is 0 Å². The molecule has 0 amide bonds. The molecule has 62 valence electrons. The van der Waals surface area contributed by atoms with Crippen LogP contribution in [0.3, 0.4) is 0 Å². The van der Waals surface area contributed by atoms with Gasteiger partial charge in [0.05, 0.1) is 5.84 Å². The Labute approximate surface area is 68.1 Å². The normalized spacial score (nSPS) is 37.0. The second-order valence-corrected chi connectivity index (χ2v) is 3.72. The van der Waals surface area contributed by atoms with Gasteiger partial charge in [-0.3, -0.25) is 4.99 Å². The molecular weight excluding hydrogens is 136 g/mol. The first kappa shape index (κ1) is 7.14. The van der Waals surface area contributed by atoms with E-state index in [0.29, 0.717) is 0 Å². The van der Waals surface area contributed by atoms with E-state index in [1.165, 1.54) is 25.7 Å². The van der Waals surface area contributed by atoms with E-state index in [4.69, 9.17) is 0 Å². The Morgan fingerprint density at radius 2 is 2.18 bits per heavy atom. The molecule has 0 bridgehead atoms. The molecule has 0 spiro atoms. The Morgan fingerprint density at radius 1 is 1.36 bits per heavy atom. The van der Waals surface area contributed by atoms with E-state index in [1.54, 1.807) is 0 Å². The van der Waals surface area contributed by atoms with Crippen molar-refractivity contribution in [1.82, 2.24) is 5.32 Å². The predicted molar refractivity (Wildman–Crippen MR) is 46.9 cm³/mol. The number of rotatable bonds is 0. The smallest absolute Gasteiger partial charge is 0.0933 e. The van der Waals surface area contributed by atoms with Crippen LogP contribution in [0.15, 0.2) is 4.99 Å². The zero-order chi connectivity index (χ0) is 7.68. The van der Waals surface area contributed by atoms with E-state index in [0.717, 1.165) is 24.3 Å². The highest BCUT2D eigenvalue weighted by Crippen LogP contribution is 2.26. The number of fused-ring (bicyclic) bond motifs is 1. The summed E-state index contributed by atoms with van der Waals surface area (Å²) in [7, 11) is 0. The number of nitrogens with one attached hydrogen (secondary N) is 1. The lowest BCUT2D eigenvalue weighted by molar-refractivity contribution is 0.283. The van der Waals surface area contributed by atoms with E-state index in [-0.39, 0.29) is 0 Å². The highest BCUT2D eigenvalue weighted by atomic mass is 15.1. The lowest BCUT2D eigenvalue weighted by Gasteiger charge is -2.35. The van der Waals surface area contributed by atoms with Crippen LogP contribution in [0.4, 0.5) is 0 Å². The molecule has 0 aromatic carbocycles. The van der Waals surface area contributed by atoms with Crippen LogP contribution in [0.1, 0.15) is 32.6 Å². The molecule has 1 fully saturated rings. The van der Waals surface area contributed by atoms with Gasteiger partial charge in [-0.2, -0.15) is 0 Å². The largest absolute Gasteiger partial charge is 0.371 e. The molecule has 2 unspecified atom stereocenters. The second kappa shape index (κ2) is 2.84. The third kappa shape index (κ3) is 1.39. The van der Waals surface area contributed by atoms with Gasteiger partial charge in [0, 0.05) is 12.6 Å². The lowest BCUT2D eigenvalue weighted by Crippen LogP contribution is -2.45. The summed E-state index contributed by atoms with van der Waals surface area (Å²) in [5.74, 6) is 1.99.